The molecule has 0 spiro atoms. The fourth-order valence-corrected chi connectivity index (χ4v) is 2.20. The molecule has 1 aromatic carbocycles. The van der Waals surface area contributed by atoms with Gasteiger partial charge in [0.05, 0.1) is 0 Å². The highest BCUT2D eigenvalue weighted by molar-refractivity contribution is 5.49. The van der Waals surface area contributed by atoms with E-state index in [2.05, 4.69) is 43.0 Å². The zero-order valence-electron chi connectivity index (χ0n) is 10.0. The lowest BCUT2D eigenvalue weighted by atomic mass is 9.97. The molecular formula is C13H20N2. The molecular weight excluding hydrogens is 184 g/mol. The number of benzene rings is 1. The first-order valence-electron chi connectivity index (χ1n) is 5.44. The van der Waals surface area contributed by atoms with Gasteiger partial charge in [-0.3, -0.25) is 0 Å². The lowest BCUT2D eigenvalue weighted by Gasteiger charge is -2.18. The number of rotatable bonds is 2. The van der Waals surface area contributed by atoms with Crippen LogP contribution in [0.15, 0.2) is 24.3 Å². The van der Waals surface area contributed by atoms with Crippen molar-refractivity contribution in [3.63, 3.8) is 0 Å². The van der Waals surface area contributed by atoms with Gasteiger partial charge in [-0.15, -0.1) is 0 Å². The Hall–Kier alpha value is -1.02. The normalized spacial score (nSPS) is 27.5. The van der Waals surface area contributed by atoms with Crippen LogP contribution in [0.1, 0.15) is 25.8 Å². The van der Waals surface area contributed by atoms with Crippen molar-refractivity contribution < 1.29 is 0 Å². The molecule has 2 heteroatoms. The van der Waals surface area contributed by atoms with Crippen LogP contribution in [0.3, 0.4) is 0 Å². The largest absolute Gasteiger partial charge is 0.378 e. The average molecular weight is 204 g/mol. The molecule has 1 fully saturated rings. The van der Waals surface area contributed by atoms with Crippen LogP contribution in [-0.2, 0) is 5.54 Å². The van der Waals surface area contributed by atoms with Crippen LogP contribution in [-0.4, -0.2) is 14.1 Å². The summed E-state index contributed by atoms with van der Waals surface area (Å²) in [5.41, 5.74) is 9.00. The molecule has 15 heavy (non-hydrogen) atoms. The molecule has 0 radical (unpaired) electrons. The summed E-state index contributed by atoms with van der Waals surface area (Å²) in [4.78, 5) is 2.10. The zero-order chi connectivity index (χ0) is 11.3. The summed E-state index contributed by atoms with van der Waals surface area (Å²) in [5.74, 6) is 0. The van der Waals surface area contributed by atoms with Crippen molar-refractivity contribution in [2.75, 3.05) is 19.0 Å². The van der Waals surface area contributed by atoms with Gasteiger partial charge < -0.3 is 10.6 Å². The molecule has 1 unspecified atom stereocenters. The van der Waals surface area contributed by atoms with Crippen LogP contribution in [0, 0.1) is 5.41 Å². The van der Waals surface area contributed by atoms with E-state index in [4.69, 9.17) is 5.73 Å². The van der Waals surface area contributed by atoms with Crippen molar-refractivity contribution in [2.45, 2.75) is 25.8 Å². The first kappa shape index (κ1) is 10.5. The number of hydrogen-bond donors (Lipinski definition) is 1. The van der Waals surface area contributed by atoms with Crippen molar-refractivity contribution in [3.05, 3.63) is 29.8 Å². The summed E-state index contributed by atoms with van der Waals surface area (Å²) in [5, 5.41) is 0. The van der Waals surface area contributed by atoms with Crippen molar-refractivity contribution in [1.82, 2.24) is 0 Å². The molecule has 1 aliphatic rings. The van der Waals surface area contributed by atoms with Crippen molar-refractivity contribution >= 4 is 5.69 Å². The maximum absolute atomic E-state index is 6.36. The van der Waals surface area contributed by atoms with Gasteiger partial charge in [0.1, 0.15) is 0 Å². The van der Waals surface area contributed by atoms with Crippen LogP contribution in [0.5, 0.6) is 0 Å². The molecule has 2 rings (SSSR count). The van der Waals surface area contributed by atoms with Gasteiger partial charge >= 0.3 is 0 Å². The van der Waals surface area contributed by atoms with Crippen molar-refractivity contribution in [3.8, 4) is 0 Å². The molecule has 1 atom stereocenters. The highest BCUT2D eigenvalue weighted by Gasteiger charge is 2.59. The Bertz CT molecular complexity index is 365. The smallest absolute Gasteiger partial charge is 0.0468 e. The second-order valence-electron chi connectivity index (χ2n) is 5.47. The van der Waals surface area contributed by atoms with E-state index in [9.17, 15) is 0 Å². The predicted molar refractivity (Wildman–Crippen MR) is 65.0 cm³/mol. The fraction of sp³-hybridized carbons (Fsp3) is 0.538. The van der Waals surface area contributed by atoms with Crippen LogP contribution in [0.25, 0.3) is 0 Å². The van der Waals surface area contributed by atoms with E-state index >= 15 is 0 Å². The lowest BCUT2D eigenvalue weighted by Crippen LogP contribution is -2.25. The first-order valence-corrected chi connectivity index (χ1v) is 5.44. The van der Waals surface area contributed by atoms with Crippen LogP contribution >= 0.6 is 0 Å². The van der Waals surface area contributed by atoms with Gasteiger partial charge in [0, 0.05) is 25.3 Å². The number of hydrogen-bond acceptors (Lipinski definition) is 2. The minimum Gasteiger partial charge on any atom is -0.378 e. The Labute approximate surface area is 92.1 Å². The van der Waals surface area contributed by atoms with Crippen molar-refractivity contribution in [2.24, 2.45) is 11.1 Å². The fourth-order valence-electron chi connectivity index (χ4n) is 2.20. The summed E-state index contributed by atoms with van der Waals surface area (Å²) < 4.78 is 0. The van der Waals surface area contributed by atoms with Gasteiger partial charge in [0.15, 0.2) is 0 Å². The summed E-state index contributed by atoms with van der Waals surface area (Å²) in [6.45, 7) is 4.46. The van der Waals surface area contributed by atoms with E-state index in [0.29, 0.717) is 0 Å². The highest BCUT2D eigenvalue weighted by Crippen LogP contribution is 2.60. The monoisotopic (exact) mass is 204 g/mol. The molecule has 0 aliphatic heterocycles. The van der Waals surface area contributed by atoms with Gasteiger partial charge in [-0.1, -0.05) is 26.0 Å². The summed E-state index contributed by atoms with van der Waals surface area (Å²) in [6, 6.07) is 8.59. The van der Waals surface area contributed by atoms with Gasteiger partial charge in [-0.05, 0) is 29.5 Å². The molecule has 1 aromatic rings. The zero-order valence-corrected chi connectivity index (χ0v) is 10.0. The van der Waals surface area contributed by atoms with E-state index in [0.717, 1.165) is 6.42 Å². The molecule has 1 aliphatic carbocycles. The Kier molecular flexibility index (Phi) is 2.09. The standard InChI is InChI=1S/C13H20N2/c1-12(2)9-13(12,14)10-5-7-11(8-6-10)15(3)4/h5-8H,9,14H2,1-4H3. The maximum atomic E-state index is 6.36. The first-order chi connectivity index (χ1) is 6.87. The van der Waals surface area contributed by atoms with E-state index in [-0.39, 0.29) is 11.0 Å². The molecule has 2 nitrogen and oxygen atoms in total. The molecule has 0 aromatic heterocycles. The molecule has 0 heterocycles. The third-order valence-electron chi connectivity index (χ3n) is 3.70. The topological polar surface area (TPSA) is 29.3 Å². The molecule has 2 N–H and O–H groups in total. The second-order valence-corrected chi connectivity index (χ2v) is 5.47. The summed E-state index contributed by atoms with van der Waals surface area (Å²) in [6.07, 6.45) is 1.08. The highest BCUT2D eigenvalue weighted by atomic mass is 15.1. The molecule has 0 saturated heterocycles. The van der Waals surface area contributed by atoms with Gasteiger partial charge in [-0.2, -0.15) is 0 Å². The van der Waals surface area contributed by atoms with Gasteiger partial charge in [0.25, 0.3) is 0 Å². The van der Waals surface area contributed by atoms with E-state index in [1.54, 1.807) is 0 Å². The minimum absolute atomic E-state index is 0.0994. The minimum atomic E-state index is -0.0994. The van der Waals surface area contributed by atoms with E-state index < -0.39 is 0 Å². The Morgan fingerprint density at radius 3 is 1.93 bits per heavy atom. The molecule has 1 saturated carbocycles. The van der Waals surface area contributed by atoms with Gasteiger partial charge in [0.2, 0.25) is 0 Å². The number of anilines is 1. The maximum Gasteiger partial charge on any atom is 0.0468 e. The Morgan fingerprint density at radius 1 is 1.13 bits per heavy atom. The van der Waals surface area contributed by atoms with Crippen LogP contribution in [0.4, 0.5) is 5.69 Å². The van der Waals surface area contributed by atoms with E-state index in [1.165, 1.54) is 11.3 Å². The lowest BCUT2D eigenvalue weighted by molar-refractivity contribution is 0.510. The van der Waals surface area contributed by atoms with Crippen LogP contribution in [0.2, 0.25) is 0 Å². The predicted octanol–water partition coefficient (Wildman–Crippen LogP) is 2.34. The van der Waals surface area contributed by atoms with Gasteiger partial charge in [-0.25, -0.2) is 0 Å². The quantitative estimate of drug-likeness (QED) is 0.801. The molecule has 0 bridgehead atoms. The second kappa shape index (κ2) is 2.99. The number of nitrogens with zero attached hydrogens (tertiary/aromatic N) is 1. The number of nitrogens with two attached hydrogens (primary N) is 1. The van der Waals surface area contributed by atoms with Crippen LogP contribution < -0.4 is 10.6 Å². The third-order valence-corrected chi connectivity index (χ3v) is 3.70. The summed E-state index contributed by atoms with van der Waals surface area (Å²) >= 11 is 0. The Morgan fingerprint density at radius 2 is 1.60 bits per heavy atom. The third kappa shape index (κ3) is 1.53. The SMILES string of the molecule is CN(C)c1ccc(C2(N)CC2(C)C)cc1. The Balaban J connectivity index is 2.26. The summed E-state index contributed by atoms with van der Waals surface area (Å²) in [7, 11) is 4.10. The molecule has 0 amide bonds. The molecule has 82 valence electrons. The van der Waals surface area contributed by atoms with E-state index in [1.807, 2.05) is 14.1 Å². The van der Waals surface area contributed by atoms with Crippen molar-refractivity contribution in [1.29, 1.82) is 0 Å². The average Bonchev–Trinajstić information content (AvgIpc) is 2.67.